The van der Waals surface area contributed by atoms with Crippen LogP contribution in [0, 0.1) is 0 Å². The van der Waals surface area contributed by atoms with E-state index in [1.807, 2.05) is 42.5 Å². The maximum atomic E-state index is 5.90. The third-order valence-corrected chi connectivity index (χ3v) is 2.61. The van der Waals surface area contributed by atoms with Gasteiger partial charge < -0.3 is 11.1 Å². The van der Waals surface area contributed by atoms with Crippen molar-refractivity contribution in [3.63, 3.8) is 0 Å². The number of nitrogens with two attached hydrogens (primary N) is 1. The van der Waals surface area contributed by atoms with Crippen LogP contribution in [0.2, 0.25) is 5.02 Å². The Hall–Kier alpha value is -1.58. The minimum atomic E-state index is 0.463. The number of anilines is 1. The lowest BCUT2D eigenvalue weighted by molar-refractivity contribution is 0.937. The SMILES string of the molecule is NCc1cccc(CNc2cccc(Cl)c2)n1. The second-order valence-electron chi connectivity index (χ2n) is 3.69. The van der Waals surface area contributed by atoms with Crippen LogP contribution in [0.4, 0.5) is 5.69 Å². The summed E-state index contributed by atoms with van der Waals surface area (Å²) in [7, 11) is 0. The summed E-state index contributed by atoms with van der Waals surface area (Å²) < 4.78 is 0. The molecule has 0 saturated carbocycles. The molecule has 0 spiro atoms. The zero-order chi connectivity index (χ0) is 12.1. The molecule has 0 radical (unpaired) electrons. The molecule has 1 aromatic carbocycles. The van der Waals surface area contributed by atoms with Crippen LogP contribution < -0.4 is 11.1 Å². The molecule has 3 nitrogen and oxygen atoms in total. The molecule has 4 heteroatoms. The van der Waals surface area contributed by atoms with Crippen LogP contribution in [0.1, 0.15) is 11.4 Å². The lowest BCUT2D eigenvalue weighted by atomic mass is 10.2. The van der Waals surface area contributed by atoms with Crippen LogP contribution in [0.15, 0.2) is 42.5 Å². The van der Waals surface area contributed by atoms with Gasteiger partial charge in [-0.2, -0.15) is 0 Å². The van der Waals surface area contributed by atoms with Crippen LogP contribution in [0.25, 0.3) is 0 Å². The van der Waals surface area contributed by atoms with E-state index in [4.69, 9.17) is 17.3 Å². The molecule has 0 saturated heterocycles. The molecule has 0 aliphatic carbocycles. The number of halogens is 1. The Labute approximate surface area is 106 Å². The van der Waals surface area contributed by atoms with Crippen molar-refractivity contribution in [3.8, 4) is 0 Å². The monoisotopic (exact) mass is 247 g/mol. The first-order valence-corrected chi connectivity index (χ1v) is 5.80. The molecular formula is C13H14ClN3. The summed E-state index contributed by atoms with van der Waals surface area (Å²) >= 11 is 5.90. The predicted molar refractivity (Wildman–Crippen MR) is 70.9 cm³/mol. The fourth-order valence-corrected chi connectivity index (χ4v) is 1.72. The van der Waals surface area contributed by atoms with Gasteiger partial charge >= 0.3 is 0 Å². The van der Waals surface area contributed by atoms with Crippen molar-refractivity contribution >= 4 is 17.3 Å². The topological polar surface area (TPSA) is 50.9 Å². The van der Waals surface area contributed by atoms with Crippen LogP contribution >= 0.6 is 11.6 Å². The molecule has 0 atom stereocenters. The van der Waals surface area contributed by atoms with E-state index in [1.54, 1.807) is 0 Å². The number of hydrogen-bond acceptors (Lipinski definition) is 3. The van der Waals surface area contributed by atoms with E-state index >= 15 is 0 Å². The van der Waals surface area contributed by atoms with Gasteiger partial charge in [0.05, 0.1) is 17.9 Å². The first kappa shape index (κ1) is 11.9. The smallest absolute Gasteiger partial charge is 0.0598 e. The van der Waals surface area contributed by atoms with Crippen molar-refractivity contribution in [2.45, 2.75) is 13.1 Å². The van der Waals surface area contributed by atoms with Crippen molar-refractivity contribution in [1.29, 1.82) is 0 Å². The standard InChI is InChI=1S/C13H14ClN3/c14-10-3-1-4-11(7-10)16-9-13-6-2-5-12(8-15)17-13/h1-7,16H,8-9,15H2. The molecule has 1 aromatic heterocycles. The Kier molecular flexibility index (Phi) is 3.96. The van der Waals surface area contributed by atoms with E-state index in [0.29, 0.717) is 13.1 Å². The van der Waals surface area contributed by atoms with Crippen molar-refractivity contribution in [1.82, 2.24) is 4.98 Å². The lowest BCUT2D eigenvalue weighted by Crippen LogP contribution is -2.05. The van der Waals surface area contributed by atoms with Crippen LogP contribution in [-0.2, 0) is 13.1 Å². The average Bonchev–Trinajstić information content (AvgIpc) is 2.37. The highest BCUT2D eigenvalue weighted by Crippen LogP contribution is 2.15. The number of hydrogen-bond donors (Lipinski definition) is 2. The van der Waals surface area contributed by atoms with E-state index in [1.165, 1.54) is 0 Å². The highest BCUT2D eigenvalue weighted by Gasteiger charge is 1.97. The Morgan fingerprint density at radius 3 is 2.65 bits per heavy atom. The molecular weight excluding hydrogens is 234 g/mol. The molecule has 2 rings (SSSR count). The zero-order valence-electron chi connectivity index (χ0n) is 9.36. The van der Waals surface area contributed by atoms with Gasteiger partial charge in [-0.3, -0.25) is 4.98 Å². The molecule has 0 unspecified atom stereocenters. The second kappa shape index (κ2) is 5.66. The molecule has 0 amide bonds. The fourth-order valence-electron chi connectivity index (χ4n) is 1.53. The van der Waals surface area contributed by atoms with Crippen LogP contribution in [-0.4, -0.2) is 4.98 Å². The molecule has 0 aliphatic heterocycles. The number of nitrogens with zero attached hydrogens (tertiary/aromatic N) is 1. The van der Waals surface area contributed by atoms with Gasteiger partial charge in [0, 0.05) is 17.3 Å². The van der Waals surface area contributed by atoms with Gasteiger partial charge in [-0.25, -0.2) is 0 Å². The number of rotatable bonds is 4. The second-order valence-corrected chi connectivity index (χ2v) is 4.12. The normalized spacial score (nSPS) is 10.2. The van der Waals surface area contributed by atoms with E-state index in [0.717, 1.165) is 22.1 Å². The third kappa shape index (κ3) is 3.44. The van der Waals surface area contributed by atoms with E-state index in [9.17, 15) is 0 Å². The van der Waals surface area contributed by atoms with Crippen LogP contribution in [0.3, 0.4) is 0 Å². The van der Waals surface area contributed by atoms with Crippen molar-refractivity contribution in [2.24, 2.45) is 5.73 Å². The molecule has 1 heterocycles. The molecule has 17 heavy (non-hydrogen) atoms. The van der Waals surface area contributed by atoms with Crippen molar-refractivity contribution in [2.75, 3.05) is 5.32 Å². The van der Waals surface area contributed by atoms with Gasteiger partial charge in [-0.1, -0.05) is 23.7 Å². The Balaban J connectivity index is 2.02. The highest BCUT2D eigenvalue weighted by molar-refractivity contribution is 6.30. The summed E-state index contributed by atoms with van der Waals surface area (Å²) in [6, 6.07) is 13.5. The summed E-state index contributed by atoms with van der Waals surface area (Å²) in [6.07, 6.45) is 0. The number of pyridine rings is 1. The molecule has 2 aromatic rings. The summed E-state index contributed by atoms with van der Waals surface area (Å²) in [5.41, 5.74) is 8.39. The summed E-state index contributed by atoms with van der Waals surface area (Å²) in [5.74, 6) is 0. The van der Waals surface area contributed by atoms with Gasteiger partial charge in [0.25, 0.3) is 0 Å². The lowest BCUT2D eigenvalue weighted by Gasteiger charge is -2.07. The average molecular weight is 248 g/mol. The first-order chi connectivity index (χ1) is 8.28. The van der Waals surface area contributed by atoms with Gasteiger partial charge in [-0.05, 0) is 30.3 Å². The largest absolute Gasteiger partial charge is 0.379 e. The molecule has 0 fully saturated rings. The maximum absolute atomic E-state index is 5.90. The van der Waals surface area contributed by atoms with Crippen LogP contribution in [0.5, 0.6) is 0 Å². The number of aromatic nitrogens is 1. The van der Waals surface area contributed by atoms with Gasteiger partial charge in [0.2, 0.25) is 0 Å². The molecule has 0 aliphatic rings. The fraction of sp³-hybridized carbons (Fsp3) is 0.154. The first-order valence-electron chi connectivity index (χ1n) is 5.42. The Morgan fingerprint density at radius 2 is 1.88 bits per heavy atom. The third-order valence-electron chi connectivity index (χ3n) is 2.37. The summed E-state index contributed by atoms with van der Waals surface area (Å²) in [4.78, 5) is 4.41. The van der Waals surface area contributed by atoms with Gasteiger partial charge in [0.15, 0.2) is 0 Å². The van der Waals surface area contributed by atoms with E-state index in [-0.39, 0.29) is 0 Å². The molecule has 3 N–H and O–H groups in total. The zero-order valence-corrected chi connectivity index (χ0v) is 10.1. The van der Waals surface area contributed by atoms with Crippen molar-refractivity contribution in [3.05, 3.63) is 58.9 Å². The maximum Gasteiger partial charge on any atom is 0.0598 e. The van der Waals surface area contributed by atoms with Gasteiger partial charge in [0.1, 0.15) is 0 Å². The summed E-state index contributed by atoms with van der Waals surface area (Å²) in [6.45, 7) is 1.12. The Morgan fingerprint density at radius 1 is 1.12 bits per heavy atom. The quantitative estimate of drug-likeness (QED) is 0.874. The minimum absolute atomic E-state index is 0.463. The minimum Gasteiger partial charge on any atom is -0.379 e. The summed E-state index contributed by atoms with van der Waals surface area (Å²) in [5, 5.41) is 3.99. The predicted octanol–water partition coefficient (Wildman–Crippen LogP) is 2.81. The van der Waals surface area contributed by atoms with E-state index < -0.39 is 0 Å². The number of nitrogens with one attached hydrogen (secondary N) is 1. The molecule has 0 bridgehead atoms. The Bertz CT molecular complexity index is 500. The number of benzene rings is 1. The highest BCUT2D eigenvalue weighted by atomic mass is 35.5. The molecule has 88 valence electrons. The van der Waals surface area contributed by atoms with E-state index in [2.05, 4.69) is 10.3 Å². The van der Waals surface area contributed by atoms with Crippen molar-refractivity contribution < 1.29 is 0 Å². The van der Waals surface area contributed by atoms with Gasteiger partial charge in [-0.15, -0.1) is 0 Å².